The number of likely N-dealkylation sites (tertiary alicyclic amines) is 1. The zero-order valence-corrected chi connectivity index (χ0v) is 13.5. The first-order valence-electron chi connectivity index (χ1n) is 8.25. The van der Waals surface area contributed by atoms with Gasteiger partial charge in [0.2, 0.25) is 5.91 Å². The van der Waals surface area contributed by atoms with Crippen molar-refractivity contribution in [2.24, 2.45) is 5.92 Å². The highest BCUT2D eigenvalue weighted by Crippen LogP contribution is 2.19. The van der Waals surface area contributed by atoms with Crippen molar-refractivity contribution in [3.05, 3.63) is 28.2 Å². The molecule has 0 spiro atoms. The topological polar surface area (TPSA) is 76.5 Å². The van der Waals surface area contributed by atoms with Gasteiger partial charge in [0, 0.05) is 25.7 Å². The molecule has 0 aliphatic carbocycles. The standard InChI is InChI=1S/C16H24N4O3/c1-12-2-3-16(22)20(18-12)9-13-4-6-19(7-5-13)10-14-8-17-15(21)11-23-14/h2-3,13-14H,4-11H2,1H3,(H,17,21). The lowest BCUT2D eigenvalue weighted by Crippen LogP contribution is -2.49. The van der Waals surface area contributed by atoms with Gasteiger partial charge in [0.15, 0.2) is 0 Å². The van der Waals surface area contributed by atoms with Crippen LogP contribution in [0.1, 0.15) is 18.5 Å². The van der Waals surface area contributed by atoms with Gasteiger partial charge in [-0.1, -0.05) is 0 Å². The molecular formula is C16H24N4O3. The maximum Gasteiger partial charge on any atom is 0.266 e. The van der Waals surface area contributed by atoms with Crippen molar-refractivity contribution in [3.8, 4) is 0 Å². The molecule has 126 valence electrons. The lowest BCUT2D eigenvalue weighted by atomic mass is 9.96. The zero-order valence-electron chi connectivity index (χ0n) is 13.5. The molecule has 0 saturated carbocycles. The number of piperidine rings is 1. The largest absolute Gasteiger partial charge is 0.365 e. The number of carbonyl (C=O) groups is 1. The molecule has 2 aliphatic rings. The van der Waals surface area contributed by atoms with Crippen molar-refractivity contribution in [2.75, 3.05) is 32.8 Å². The molecule has 0 bridgehead atoms. The Bertz CT molecular complexity index is 598. The van der Waals surface area contributed by atoms with E-state index in [0.29, 0.717) is 19.0 Å². The normalized spacial score (nSPS) is 23.7. The highest BCUT2D eigenvalue weighted by Gasteiger charge is 2.25. The Morgan fingerprint density at radius 3 is 2.74 bits per heavy atom. The van der Waals surface area contributed by atoms with Crippen molar-refractivity contribution in [1.29, 1.82) is 0 Å². The van der Waals surface area contributed by atoms with E-state index in [0.717, 1.165) is 38.2 Å². The number of rotatable bonds is 4. The maximum absolute atomic E-state index is 11.8. The Morgan fingerprint density at radius 1 is 1.26 bits per heavy atom. The van der Waals surface area contributed by atoms with Crippen molar-refractivity contribution in [2.45, 2.75) is 32.4 Å². The molecule has 2 fully saturated rings. The number of aromatic nitrogens is 2. The second-order valence-electron chi connectivity index (χ2n) is 6.48. The average Bonchev–Trinajstić information content (AvgIpc) is 2.55. The molecule has 1 atom stereocenters. The quantitative estimate of drug-likeness (QED) is 0.830. The van der Waals surface area contributed by atoms with Crippen LogP contribution in [0.15, 0.2) is 16.9 Å². The first-order chi connectivity index (χ1) is 11.1. The predicted molar refractivity (Wildman–Crippen MR) is 85.1 cm³/mol. The van der Waals surface area contributed by atoms with Crippen LogP contribution in [0.25, 0.3) is 0 Å². The van der Waals surface area contributed by atoms with Crippen LogP contribution in [0, 0.1) is 12.8 Å². The van der Waals surface area contributed by atoms with Crippen LogP contribution in [-0.2, 0) is 16.1 Å². The van der Waals surface area contributed by atoms with Gasteiger partial charge in [0.25, 0.3) is 5.56 Å². The molecule has 2 aliphatic heterocycles. The molecule has 3 heterocycles. The van der Waals surface area contributed by atoms with Gasteiger partial charge in [-0.2, -0.15) is 5.10 Å². The summed E-state index contributed by atoms with van der Waals surface area (Å²) in [5.41, 5.74) is 0.850. The van der Waals surface area contributed by atoms with E-state index in [1.165, 1.54) is 0 Å². The number of nitrogens with zero attached hydrogens (tertiary/aromatic N) is 3. The minimum Gasteiger partial charge on any atom is -0.365 e. The van der Waals surface area contributed by atoms with E-state index in [2.05, 4.69) is 15.3 Å². The molecule has 1 amide bonds. The summed E-state index contributed by atoms with van der Waals surface area (Å²) in [6.45, 7) is 6.23. The van der Waals surface area contributed by atoms with Gasteiger partial charge in [-0.15, -0.1) is 0 Å². The zero-order chi connectivity index (χ0) is 16.2. The van der Waals surface area contributed by atoms with E-state index in [9.17, 15) is 9.59 Å². The summed E-state index contributed by atoms with van der Waals surface area (Å²) >= 11 is 0. The molecule has 7 nitrogen and oxygen atoms in total. The monoisotopic (exact) mass is 320 g/mol. The molecule has 1 aromatic heterocycles. The van der Waals surface area contributed by atoms with E-state index in [-0.39, 0.29) is 24.2 Å². The molecule has 7 heteroatoms. The van der Waals surface area contributed by atoms with Crippen LogP contribution in [0.2, 0.25) is 0 Å². The highest BCUT2D eigenvalue weighted by atomic mass is 16.5. The van der Waals surface area contributed by atoms with Gasteiger partial charge in [-0.3, -0.25) is 9.59 Å². The summed E-state index contributed by atoms with van der Waals surface area (Å²) < 4.78 is 7.13. The van der Waals surface area contributed by atoms with E-state index in [1.807, 2.05) is 6.92 Å². The van der Waals surface area contributed by atoms with Crippen molar-refractivity contribution in [3.63, 3.8) is 0 Å². The second-order valence-corrected chi connectivity index (χ2v) is 6.48. The molecule has 0 aromatic carbocycles. The van der Waals surface area contributed by atoms with Crippen LogP contribution >= 0.6 is 0 Å². The fourth-order valence-electron chi connectivity index (χ4n) is 3.21. The first-order valence-corrected chi connectivity index (χ1v) is 8.25. The van der Waals surface area contributed by atoms with Crippen LogP contribution in [0.5, 0.6) is 0 Å². The molecule has 2 saturated heterocycles. The molecule has 3 rings (SSSR count). The van der Waals surface area contributed by atoms with E-state index >= 15 is 0 Å². The molecule has 1 aromatic rings. The van der Waals surface area contributed by atoms with Crippen LogP contribution < -0.4 is 10.9 Å². The van der Waals surface area contributed by atoms with Gasteiger partial charge < -0.3 is 15.0 Å². The van der Waals surface area contributed by atoms with Gasteiger partial charge >= 0.3 is 0 Å². The van der Waals surface area contributed by atoms with Crippen molar-refractivity contribution >= 4 is 5.91 Å². The third-order valence-corrected chi connectivity index (χ3v) is 4.58. The number of aryl methyl sites for hydroxylation is 1. The van der Waals surface area contributed by atoms with E-state index < -0.39 is 0 Å². The van der Waals surface area contributed by atoms with Gasteiger partial charge in [0.1, 0.15) is 6.61 Å². The molecule has 23 heavy (non-hydrogen) atoms. The number of nitrogens with one attached hydrogen (secondary N) is 1. The molecule has 0 radical (unpaired) electrons. The summed E-state index contributed by atoms with van der Waals surface area (Å²) in [6, 6.07) is 3.34. The first kappa shape index (κ1) is 16.1. The van der Waals surface area contributed by atoms with Gasteiger partial charge in [-0.25, -0.2) is 4.68 Å². The molecular weight excluding hydrogens is 296 g/mol. The van der Waals surface area contributed by atoms with Gasteiger partial charge in [-0.05, 0) is 44.8 Å². The number of carbonyl (C=O) groups excluding carboxylic acids is 1. The number of hydrogen-bond acceptors (Lipinski definition) is 5. The minimum absolute atomic E-state index is 0.0237. The number of hydrogen-bond donors (Lipinski definition) is 1. The van der Waals surface area contributed by atoms with E-state index in [1.54, 1.807) is 16.8 Å². The summed E-state index contributed by atoms with van der Waals surface area (Å²) in [5, 5.41) is 7.15. The fraction of sp³-hybridized carbons (Fsp3) is 0.688. The van der Waals surface area contributed by atoms with Gasteiger partial charge in [0.05, 0.1) is 11.8 Å². The third kappa shape index (κ3) is 4.39. The Kier molecular flexibility index (Phi) is 5.07. The lowest BCUT2D eigenvalue weighted by molar-refractivity contribution is -0.134. The fourth-order valence-corrected chi connectivity index (χ4v) is 3.21. The smallest absolute Gasteiger partial charge is 0.266 e. The average molecular weight is 320 g/mol. The number of ether oxygens (including phenoxy) is 1. The number of morpholine rings is 1. The Morgan fingerprint density at radius 2 is 2.04 bits per heavy atom. The SMILES string of the molecule is Cc1ccc(=O)n(CC2CCN(CC3CNC(=O)CO3)CC2)n1. The minimum atomic E-state index is -0.0314. The third-order valence-electron chi connectivity index (χ3n) is 4.58. The Hall–Kier alpha value is -1.73. The maximum atomic E-state index is 11.8. The highest BCUT2D eigenvalue weighted by molar-refractivity contribution is 5.77. The molecule has 1 unspecified atom stereocenters. The van der Waals surface area contributed by atoms with Crippen LogP contribution in [0.4, 0.5) is 0 Å². The van der Waals surface area contributed by atoms with E-state index in [4.69, 9.17) is 4.74 Å². The number of amides is 1. The Balaban J connectivity index is 1.46. The summed E-state index contributed by atoms with van der Waals surface area (Å²) in [6.07, 6.45) is 2.20. The second kappa shape index (κ2) is 7.23. The van der Waals surface area contributed by atoms with Crippen molar-refractivity contribution < 1.29 is 9.53 Å². The predicted octanol–water partition coefficient (Wildman–Crippen LogP) is -0.221. The lowest BCUT2D eigenvalue weighted by Gasteiger charge is -2.35. The summed E-state index contributed by atoms with van der Waals surface area (Å²) in [4.78, 5) is 25.3. The van der Waals surface area contributed by atoms with Crippen LogP contribution in [-0.4, -0.2) is 59.5 Å². The van der Waals surface area contributed by atoms with Crippen LogP contribution in [0.3, 0.4) is 0 Å². The van der Waals surface area contributed by atoms with Crippen molar-refractivity contribution in [1.82, 2.24) is 20.0 Å². The Labute approximate surface area is 135 Å². The molecule has 1 N–H and O–H groups in total. The summed E-state index contributed by atoms with van der Waals surface area (Å²) in [5.74, 6) is 0.460. The summed E-state index contributed by atoms with van der Waals surface area (Å²) in [7, 11) is 0.